The van der Waals surface area contributed by atoms with E-state index in [0.29, 0.717) is 18.0 Å². The zero-order valence-corrected chi connectivity index (χ0v) is 8.23. The van der Waals surface area contributed by atoms with Crippen LogP contribution in [0.15, 0.2) is 23.3 Å². The van der Waals surface area contributed by atoms with E-state index in [1.165, 1.54) is 6.42 Å². The molecule has 4 rings (SSSR count). The van der Waals surface area contributed by atoms with Crippen molar-refractivity contribution in [2.24, 2.45) is 10.9 Å². The predicted molar refractivity (Wildman–Crippen MR) is 55.3 cm³/mol. The van der Waals surface area contributed by atoms with Crippen LogP contribution >= 0.6 is 0 Å². The zero-order valence-electron chi connectivity index (χ0n) is 8.23. The quantitative estimate of drug-likeness (QED) is 0.632. The number of carbonyl (C=O) groups is 1. The summed E-state index contributed by atoms with van der Waals surface area (Å²) in [4.78, 5) is 20.6. The molecule has 2 aliphatic carbocycles. The predicted octanol–water partition coefficient (Wildman–Crippen LogP) is 1.38. The van der Waals surface area contributed by atoms with Crippen LogP contribution in [-0.2, 0) is 5.41 Å². The molecule has 1 fully saturated rings. The lowest BCUT2D eigenvalue weighted by Crippen LogP contribution is -2.31. The van der Waals surface area contributed by atoms with Gasteiger partial charge in [-0.15, -0.1) is 0 Å². The lowest BCUT2D eigenvalue weighted by atomic mass is 9.80. The molecule has 2 atom stereocenters. The van der Waals surface area contributed by atoms with Gasteiger partial charge in [0.25, 0.3) is 0 Å². The Morgan fingerprint density at radius 2 is 2.40 bits per heavy atom. The van der Waals surface area contributed by atoms with Gasteiger partial charge in [0.1, 0.15) is 5.69 Å². The van der Waals surface area contributed by atoms with E-state index in [-0.39, 0.29) is 11.2 Å². The first kappa shape index (κ1) is 7.74. The minimum Gasteiger partial charge on any atom is -0.292 e. The third-order valence-electron chi connectivity index (χ3n) is 4.00. The molecule has 1 aromatic rings. The standard InChI is InChI=1S/C12H10N2O/c15-9-4-10-12(5-7(12)6-14-10)8-2-1-3-13-11(8)9/h1-3,7H,4-6H2. The summed E-state index contributed by atoms with van der Waals surface area (Å²) in [7, 11) is 0. The van der Waals surface area contributed by atoms with E-state index in [2.05, 4.69) is 16.0 Å². The number of hydrogen-bond donors (Lipinski definition) is 0. The van der Waals surface area contributed by atoms with Gasteiger partial charge in [-0.3, -0.25) is 14.8 Å². The van der Waals surface area contributed by atoms with Crippen LogP contribution in [0.5, 0.6) is 0 Å². The van der Waals surface area contributed by atoms with Crippen molar-refractivity contribution in [2.45, 2.75) is 18.3 Å². The molecule has 1 aromatic heterocycles. The van der Waals surface area contributed by atoms with Gasteiger partial charge in [-0.2, -0.15) is 0 Å². The summed E-state index contributed by atoms with van der Waals surface area (Å²) in [6.07, 6.45) is 3.39. The summed E-state index contributed by atoms with van der Waals surface area (Å²) >= 11 is 0. The average Bonchev–Trinajstić information content (AvgIpc) is 2.89. The lowest BCUT2D eigenvalue weighted by molar-refractivity contribution is 0.0990. The monoisotopic (exact) mass is 198 g/mol. The highest BCUT2D eigenvalue weighted by atomic mass is 16.1. The van der Waals surface area contributed by atoms with Crippen molar-refractivity contribution in [3.63, 3.8) is 0 Å². The molecule has 74 valence electrons. The number of rotatable bonds is 0. The molecule has 0 amide bonds. The summed E-state index contributed by atoms with van der Waals surface area (Å²) in [5.41, 5.74) is 3.10. The molecule has 0 aromatic carbocycles. The largest absolute Gasteiger partial charge is 0.292 e. The number of hydrogen-bond acceptors (Lipinski definition) is 3. The number of ketones is 1. The Balaban J connectivity index is 2.04. The van der Waals surface area contributed by atoms with Gasteiger partial charge in [0, 0.05) is 23.9 Å². The van der Waals surface area contributed by atoms with Crippen LogP contribution in [0.1, 0.15) is 28.9 Å². The summed E-state index contributed by atoms with van der Waals surface area (Å²) in [6, 6.07) is 3.98. The smallest absolute Gasteiger partial charge is 0.187 e. The number of aliphatic imine (C=N–C) groups is 1. The van der Waals surface area contributed by atoms with Gasteiger partial charge in [0.2, 0.25) is 0 Å². The highest BCUT2D eigenvalue weighted by molar-refractivity contribution is 6.19. The van der Waals surface area contributed by atoms with Crippen LogP contribution in [-0.4, -0.2) is 23.0 Å². The van der Waals surface area contributed by atoms with Crippen molar-refractivity contribution in [1.29, 1.82) is 0 Å². The second kappa shape index (κ2) is 2.18. The van der Waals surface area contributed by atoms with Crippen molar-refractivity contribution in [2.75, 3.05) is 6.54 Å². The Morgan fingerprint density at radius 1 is 1.47 bits per heavy atom. The maximum absolute atomic E-state index is 11.8. The van der Waals surface area contributed by atoms with E-state index in [1.807, 2.05) is 6.07 Å². The highest BCUT2D eigenvalue weighted by Crippen LogP contribution is 2.61. The van der Waals surface area contributed by atoms with Gasteiger partial charge in [0.15, 0.2) is 5.78 Å². The molecule has 3 heteroatoms. The van der Waals surface area contributed by atoms with Crippen molar-refractivity contribution in [3.05, 3.63) is 29.6 Å². The van der Waals surface area contributed by atoms with Gasteiger partial charge in [-0.1, -0.05) is 6.07 Å². The van der Waals surface area contributed by atoms with Crippen molar-refractivity contribution >= 4 is 11.5 Å². The number of nitrogens with zero attached hydrogens (tertiary/aromatic N) is 2. The van der Waals surface area contributed by atoms with Crippen molar-refractivity contribution < 1.29 is 4.79 Å². The van der Waals surface area contributed by atoms with Gasteiger partial charge in [0.05, 0.1) is 6.42 Å². The topological polar surface area (TPSA) is 42.3 Å². The molecule has 1 saturated carbocycles. The molecule has 3 nitrogen and oxygen atoms in total. The fourth-order valence-electron chi connectivity index (χ4n) is 3.19. The first-order valence-corrected chi connectivity index (χ1v) is 5.35. The third-order valence-corrected chi connectivity index (χ3v) is 4.00. The van der Waals surface area contributed by atoms with Crippen LogP contribution in [0.4, 0.5) is 0 Å². The van der Waals surface area contributed by atoms with E-state index in [0.717, 1.165) is 17.8 Å². The molecule has 2 unspecified atom stereocenters. The second-order valence-electron chi connectivity index (χ2n) is 4.66. The van der Waals surface area contributed by atoms with Gasteiger partial charge >= 0.3 is 0 Å². The van der Waals surface area contributed by atoms with E-state index >= 15 is 0 Å². The van der Waals surface area contributed by atoms with Crippen LogP contribution < -0.4 is 0 Å². The molecule has 1 spiro atoms. The molecule has 0 N–H and O–H groups in total. The number of carbonyl (C=O) groups excluding carboxylic acids is 1. The van der Waals surface area contributed by atoms with Crippen LogP contribution in [0.3, 0.4) is 0 Å². The maximum atomic E-state index is 11.8. The van der Waals surface area contributed by atoms with Gasteiger partial charge in [-0.25, -0.2) is 0 Å². The molecular formula is C12H10N2O. The summed E-state index contributed by atoms with van der Waals surface area (Å²) < 4.78 is 0. The van der Waals surface area contributed by atoms with Crippen LogP contribution in [0.25, 0.3) is 0 Å². The van der Waals surface area contributed by atoms with E-state index in [4.69, 9.17) is 0 Å². The molecule has 0 saturated heterocycles. The highest BCUT2D eigenvalue weighted by Gasteiger charge is 2.64. The minimum atomic E-state index is 0.136. The van der Waals surface area contributed by atoms with Gasteiger partial charge in [-0.05, 0) is 24.0 Å². The molecule has 3 aliphatic rings. The number of Topliss-reactive ketones (excluding diaryl/α,β-unsaturated/α-hetero) is 1. The first-order valence-electron chi connectivity index (χ1n) is 5.35. The minimum absolute atomic E-state index is 0.136. The van der Waals surface area contributed by atoms with Crippen molar-refractivity contribution in [1.82, 2.24) is 4.98 Å². The fourth-order valence-corrected chi connectivity index (χ4v) is 3.19. The Kier molecular flexibility index (Phi) is 1.13. The van der Waals surface area contributed by atoms with E-state index in [9.17, 15) is 4.79 Å². The third kappa shape index (κ3) is 0.727. The van der Waals surface area contributed by atoms with Crippen LogP contribution in [0, 0.1) is 5.92 Å². The fraction of sp³-hybridized carbons (Fsp3) is 0.417. The molecule has 0 radical (unpaired) electrons. The summed E-state index contributed by atoms with van der Waals surface area (Å²) in [5, 5.41) is 0. The lowest BCUT2D eigenvalue weighted by Gasteiger charge is -2.23. The van der Waals surface area contributed by atoms with Gasteiger partial charge < -0.3 is 0 Å². The summed E-state index contributed by atoms with van der Waals surface area (Å²) in [5.74, 6) is 0.797. The Morgan fingerprint density at radius 3 is 3.27 bits per heavy atom. The summed E-state index contributed by atoms with van der Waals surface area (Å²) in [6.45, 7) is 0.914. The number of pyridine rings is 1. The Labute approximate surface area is 87.2 Å². The molecule has 1 aliphatic heterocycles. The molecular weight excluding hydrogens is 188 g/mol. The maximum Gasteiger partial charge on any atom is 0.187 e. The molecule has 15 heavy (non-hydrogen) atoms. The van der Waals surface area contributed by atoms with Crippen LogP contribution in [0.2, 0.25) is 0 Å². The molecule has 0 bridgehead atoms. The molecule has 2 heterocycles. The first-order chi connectivity index (χ1) is 7.32. The van der Waals surface area contributed by atoms with Crippen molar-refractivity contribution in [3.8, 4) is 0 Å². The van der Waals surface area contributed by atoms with E-state index < -0.39 is 0 Å². The zero-order chi connectivity index (χ0) is 10.0. The number of fused-ring (bicyclic) bond motifs is 1. The SMILES string of the molecule is O=C1CC2=NCC3CC23c2cccnc21. The Bertz CT molecular complexity index is 520. The average molecular weight is 198 g/mol. The van der Waals surface area contributed by atoms with E-state index in [1.54, 1.807) is 6.20 Å². The normalized spacial score (nSPS) is 35.3. The number of aromatic nitrogens is 1. The Hall–Kier alpha value is -1.51. The second-order valence-corrected chi connectivity index (χ2v) is 4.66.